The first-order valence-electron chi connectivity index (χ1n) is 8.96. The lowest BCUT2D eigenvalue weighted by Gasteiger charge is -2.16. The fourth-order valence-electron chi connectivity index (χ4n) is 2.27. The molecule has 0 heterocycles. The van der Waals surface area contributed by atoms with Gasteiger partial charge in [0.15, 0.2) is 5.78 Å². The summed E-state index contributed by atoms with van der Waals surface area (Å²) in [5.41, 5.74) is 0.692. The Labute approximate surface area is 159 Å². The zero-order valence-electron chi connectivity index (χ0n) is 16.0. The van der Waals surface area contributed by atoms with Crippen molar-refractivity contribution in [2.24, 2.45) is 5.41 Å². The molecule has 0 fully saturated rings. The number of ether oxygens (including phenoxy) is 1. The quantitative estimate of drug-likeness (QED) is 0.440. The van der Waals surface area contributed by atoms with Crippen LogP contribution in [-0.4, -0.2) is 17.7 Å². The van der Waals surface area contributed by atoms with E-state index in [1.54, 1.807) is 45.0 Å². The lowest BCUT2D eigenvalue weighted by molar-refractivity contribution is -0.143. The van der Waals surface area contributed by atoms with Crippen LogP contribution in [0.5, 0.6) is 5.75 Å². The van der Waals surface area contributed by atoms with E-state index < -0.39 is 5.41 Å². The number of carbonyl (C=O) groups is 3. The number of ketones is 1. The summed E-state index contributed by atoms with van der Waals surface area (Å²) < 4.78 is 5.28. The average Bonchev–Trinajstić information content (AvgIpc) is 2.62. The molecule has 0 unspecified atom stereocenters. The molecule has 2 aromatic carbocycles. The van der Waals surface area contributed by atoms with Crippen LogP contribution in [0.25, 0.3) is 0 Å². The summed E-state index contributed by atoms with van der Waals surface area (Å²) in [7, 11) is 0. The number of carbonyl (C=O) groups excluding carboxylic acids is 3. The molecule has 0 saturated carbocycles. The van der Waals surface area contributed by atoms with Crippen LogP contribution >= 0.6 is 0 Å². The summed E-state index contributed by atoms with van der Waals surface area (Å²) in [6.45, 7) is 5.34. The summed E-state index contributed by atoms with van der Waals surface area (Å²) in [4.78, 5) is 36.0. The van der Waals surface area contributed by atoms with Crippen molar-refractivity contribution in [3.63, 3.8) is 0 Å². The second-order valence-corrected chi connectivity index (χ2v) is 7.35. The molecule has 0 radical (unpaired) electrons. The SMILES string of the molecule is CC(C)(C)C(=O)Oc1ccc(C(=O)CCCC(=O)Nc2ccccc2)cc1. The van der Waals surface area contributed by atoms with Crippen LogP contribution in [0.1, 0.15) is 50.4 Å². The second-order valence-electron chi connectivity index (χ2n) is 7.35. The van der Waals surface area contributed by atoms with Crippen LogP contribution in [0, 0.1) is 5.41 Å². The predicted octanol–water partition coefficient (Wildman–Crippen LogP) is 4.63. The van der Waals surface area contributed by atoms with Crippen LogP contribution in [0.3, 0.4) is 0 Å². The van der Waals surface area contributed by atoms with Crippen molar-refractivity contribution in [3.05, 3.63) is 60.2 Å². The highest BCUT2D eigenvalue weighted by Gasteiger charge is 2.23. The van der Waals surface area contributed by atoms with Crippen LogP contribution in [-0.2, 0) is 9.59 Å². The Morgan fingerprint density at radius 3 is 2.11 bits per heavy atom. The Morgan fingerprint density at radius 2 is 1.52 bits per heavy atom. The maximum absolute atomic E-state index is 12.2. The van der Waals surface area contributed by atoms with Gasteiger partial charge in [-0.15, -0.1) is 0 Å². The van der Waals surface area contributed by atoms with Crippen molar-refractivity contribution >= 4 is 23.3 Å². The lowest BCUT2D eigenvalue weighted by Crippen LogP contribution is -2.25. The highest BCUT2D eigenvalue weighted by molar-refractivity contribution is 5.97. The molecule has 27 heavy (non-hydrogen) atoms. The lowest BCUT2D eigenvalue weighted by atomic mass is 9.97. The number of hydrogen-bond donors (Lipinski definition) is 1. The molecule has 5 heteroatoms. The molecule has 0 spiro atoms. The molecule has 0 aliphatic heterocycles. The van der Waals surface area contributed by atoms with E-state index >= 15 is 0 Å². The molecule has 0 aliphatic rings. The molecule has 142 valence electrons. The molecule has 0 aliphatic carbocycles. The molecule has 0 atom stereocenters. The highest BCUT2D eigenvalue weighted by atomic mass is 16.5. The number of anilines is 1. The van der Waals surface area contributed by atoms with Gasteiger partial charge in [0.1, 0.15) is 5.75 Å². The standard InChI is InChI=1S/C22H25NO4/c1-22(2,3)21(26)27-18-14-12-16(13-15-18)19(24)10-7-11-20(25)23-17-8-5-4-6-9-17/h4-6,8-9,12-15H,7,10-11H2,1-3H3,(H,23,25). The first-order chi connectivity index (χ1) is 12.8. The number of rotatable bonds is 7. The van der Waals surface area contributed by atoms with Crippen LogP contribution < -0.4 is 10.1 Å². The van der Waals surface area contributed by atoms with Gasteiger partial charge >= 0.3 is 5.97 Å². The molecule has 2 rings (SSSR count). The van der Waals surface area contributed by atoms with Gasteiger partial charge in [-0.05, 0) is 63.6 Å². The van der Waals surface area contributed by atoms with E-state index in [1.165, 1.54) is 0 Å². The zero-order chi connectivity index (χ0) is 19.9. The van der Waals surface area contributed by atoms with E-state index in [0.717, 1.165) is 5.69 Å². The Balaban J connectivity index is 1.79. The third kappa shape index (κ3) is 6.70. The minimum Gasteiger partial charge on any atom is -0.426 e. The maximum atomic E-state index is 12.2. The van der Waals surface area contributed by atoms with Crippen LogP contribution in [0.2, 0.25) is 0 Å². The average molecular weight is 367 g/mol. The fraction of sp³-hybridized carbons (Fsp3) is 0.318. The molecule has 0 bridgehead atoms. The molecule has 2 aromatic rings. The van der Waals surface area contributed by atoms with Crippen LogP contribution in [0.15, 0.2) is 54.6 Å². The minimum absolute atomic E-state index is 0.0452. The maximum Gasteiger partial charge on any atom is 0.316 e. The second kappa shape index (κ2) is 9.12. The molecule has 1 N–H and O–H groups in total. The van der Waals surface area contributed by atoms with Gasteiger partial charge in [-0.25, -0.2) is 0 Å². The number of hydrogen-bond acceptors (Lipinski definition) is 4. The van der Waals surface area contributed by atoms with E-state index in [2.05, 4.69) is 5.32 Å². The molecular weight excluding hydrogens is 342 g/mol. The highest BCUT2D eigenvalue weighted by Crippen LogP contribution is 2.20. The number of benzene rings is 2. The summed E-state index contributed by atoms with van der Waals surface area (Å²) in [5.74, 6) is -0.0747. The summed E-state index contributed by atoms with van der Waals surface area (Å²) in [5, 5.41) is 2.79. The van der Waals surface area contributed by atoms with Gasteiger partial charge in [0, 0.05) is 24.1 Å². The van der Waals surface area contributed by atoms with E-state index in [9.17, 15) is 14.4 Å². The summed E-state index contributed by atoms with van der Waals surface area (Å²) >= 11 is 0. The van der Waals surface area contributed by atoms with E-state index in [4.69, 9.17) is 4.74 Å². The van der Waals surface area contributed by atoms with E-state index in [-0.39, 0.29) is 30.5 Å². The summed E-state index contributed by atoms with van der Waals surface area (Å²) in [6, 6.07) is 15.7. The van der Waals surface area contributed by atoms with Gasteiger partial charge < -0.3 is 10.1 Å². The molecule has 0 saturated heterocycles. The van der Waals surface area contributed by atoms with Crippen molar-refractivity contribution < 1.29 is 19.1 Å². The number of amides is 1. The first kappa shape index (κ1) is 20.4. The van der Waals surface area contributed by atoms with Crippen molar-refractivity contribution in [3.8, 4) is 5.75 Å². The van der Waals surface area contributed by atoms with Gasteiger partial charge in [0.05, 0.1) is 5.41 Å². The Kier molecular flexibility index (Phi) is 6.88. The fourth-order valence-corrected chi connectivity index (χ4v) is 2.27. The normalized spacial score (nSPS) is 10.9. The number of nitrogens with one attached hydrogen (secondary N) is 1. The third-order valence-electron chi connectivity index (χ3n) is 3.86. The van der Waals surface area contributed by atoms with Gasteiger partial charge in [-0.3, -0.25) is 14.4 Å². The number of para-hydroxylation sites is 1. The first-order valence-corrected chi connectivity index (χ1v) is 8.96. The third-order valence-corrected chi connectivity index (χ3v) is 3.86. The van der Waals surface area contributed by atoms with Gasteiger partial charge in [-0.1, -0.05) is 18.2 Å². The van der Waals surface area contributed by atoms with Gasteiger partial charge in [-0.2, -0.15) is 0 Å². The Morgan fingerprint density at radius 1 is 0.889 bits per heavy atom. The Bertz CT molecular complexity index is 789. The zero-order valence-corrected chi connectivity index (χ0v) is 16.0. The smallest absolute Gasteiger partial charge is 0.316 e. The summed E-state index contributed by atoms with van der Waals surface area (Å²) in [6.07, 6.45) is 1.03. The van der Waals surface area contributed by atoms with Crippen molar-refractivity contribution in [1.29, 1.82) is 0 Å². The van der Waals surface area contributed by atoms with Gasteiger partial charge in [0.25, 0.3) is 0 Å². The Hall–Kier alpha value is -2.95. The minimum atomic E-state index is -0.588. The van der Waals surface area contributed by atoms with Crippen LogP contribution in [0.4, 0.5) is 5.69 Å². The van der Waals surface area contributed by atoms with Gasteiger partial charge in [0.2, 0.25) is 5.91 Å². The van der Waals surface area contributed by atoms with Crippen molar-refractivity contribution in [2.45, 2.75) is 40.0 Å². The topological polar surface area (TPSA) is 72.5 Å². The monoisotopic (exact) mass is 367 g/mol. The molecule has 5 nitrogen and oxygen atoms in total. The van der Waals surface area contributed by atoms with E-state index in [1.807, 2.05) is 30.3 Å². The van der Waals surface area contributed by atoms with Crippen molar-refractivity contribution in [2.75, 3.05) is 5.32 Å². The molecular formula is C22H25NO4. The largest absolute Gasteiger partial charge is 0.426 e. The molecule has 1 amide bonds. The predicted molar refractivity (Wildman–Crippen MR) is 105 cm³/mol. The van der Waals surface area contributed by atoms with E-state index in [0.29, 0.717) is 17.7 Å². The molecule has 0 aromatic heterocycles. The number of esters is 1. The van der Waals surface area contributed by atoms with Crippen molar-refractivity contribution in [1.82, 2.24) is 0 Å². The number of Topliss-reactive ketones (excluding diaryl/α,β-unsaturated/α-hetero) is 1.